The summed E-state index contributed by atoms with van der Waals surface area (Å²) in [5.41, 5.74) is 2.13. The molecule has 0 aliphatic heterocycles. The molecule has 150 valence electrons. The van der Waals surface area contributed by atoms with E-state index in [1.54, 1.807) is 30.3 Å². The topological polar surface area (TPSA) is 66.5 Å². The lowest BCUT2D eigenvalue weighted by molar-refractivity contribution is -0.121. The molecule has 2 aromatic carbocycles. The van der Waals surface area contributed by atoms with Crippen molar-refractivity contribution in [2.24, 2.45) is 0 Å². The average molecular weight is 401 g/mol. The van der Waals surface area contributed by atoms with Crippen LogP contribution in [-0.2, 0) is 21.4 Å². The minimum atomic E-state index is -3.71. The maximum Gasteiger partial charge on any atom is 0.243 e. The Morgan fingerprint density at radius 3 is 2.43 bits per heavy atom. The molecule has 1 amide bonds. The van der Waals surface area contributed by atoms with Gasteiger partial charge >= 0.3 is 0 Å². The molecule has 1 aliphatic carbocycles. The Kier molecular flexibility index (Phi) is 6.86. The Hall–Kier alpha value is -2.18. The number of nitrogens with one attached hydrogen (secondary N) is 1. The predicted molar refractivity (Wildman–Crippen MR) is 110 cm³/mol. The Labute approximate surface area is 167 Å². The number of nitrogens with zero attached hydrogens (tertiary/aromatic N) is 1. The summed E-state index contributed by atoms with van der Waals surface area (Å²) in [7, 11) is -3.71. The van der Waals surface area contributed by atoms with Crippen molar-refractivity contribution in [3.63, 3.8) is 0 Å². The molecule has 0 heterocycles. The Morgan fingerprint density at radius 2 is 1.75 bits per heavy atom. The fourth-order valence-corrected chi connectivity index (χ4v) is 5.39. The van der Waals surface area contributed by atoms with Gasteiger partial charge in [0.15, 0.2) is 0 Å². The van der Waals surface area contributed by atoms with E-state index in [1.165, 1.54) is 4.31 Å². The van der Waals surface area contributed by atoms with Gasteiger partial charge in [0.1, 0.15) is 0 Å². The van der Waals surface area contributed by atoms with E-state index in [4.69, 9.17) is 0 Å². The molecular weight excluding hydrogens is 372 g/mol. The highest BCUT2D eigenvalue weighted by atomic mass is 32.2. The molecule has 28 heavy (non-hydrogen) atoms. The zero-order valence-corrected chi connectivity index (χ0v) is 17.1. The van der Waals surface area contributed by atoms with Crippen molar-refractivity contribution in [1.82, 2.24) is 9.62 Å². The van der Waals surface area contributed by atoms with Gasteiger partial charge in [0.25, 0.3) is 0 Å². The summed E-state index contributed by atoms with van der Waals surface area (Å²) in [4.78, 5) is 12.9. The zero-order valence-electron chi connectivity index (χ0n) is 16.3. The van der Waals surface area contributed by atoms with Crippen molar-refractivity contribution in [1.29, 1.82) is 0 Å². The molecule has 2 aromatic rings. The highest BCUT2D eigenvalue weighted by Crippen LogP contribution is 2.27. The second-order valence-corrected chi connectivity index (χ2v) is 9.31. The van der Waals surface area contributed by atoms with Gasteiger partial charge in [-0.3, -0.25) is 4.79 Å². The number of carbonyl (C=O) groups is 1. The third kappa shape index (κ3) is 5.20. The lowest BCUT2D eigenvalue weighted by Gasteiger charge is -2.33. The quantitative estimate of drug-likeness (QED) is 0.772. The molecule has 0 atom stereocenters. The largest absolute Gasteiger partial charge is 0.351 e. The number of rotatable bonds is 7. The van der Waals surface area contributed by atoms with E-state index in [2.05, 4.69) is 5.32 Å². The van der Waals surface area contributed by atoms with Gasteiger partial charge in [0.2, 0.25) is 15.9 Å². The first-order chi connectivity index (χ1) is 13.5. The van der Waals surface area contributed by atoms with Crippen LogP contribution in [0.1, 0.15) is 43.2 Å². The van der Waals surface area contributed by atoms with Gasteiger partial charge in [-0.2, -0.15) is 4.31 Å². The van der Waals surface area contributed by atoms with Crippen molar-refractivity contribution in [3.8, 4) is 0 Å². The molecule has 1 saturated carbocycles. The lowest BCUT2D eigenvalue weighted by atomic mass is 9.95. The number of amides is 1. The maximum atomic E-state index is 13.2. The average Bonchev–Trinajstić information content (AvgIpc) is 2.72. The van der Waals surface area contributed by atoms with Crippen molar-refractivity contribution in [3.05, 3.63) is 65.7 Å². The number of hydrogen-bond acceptors (Lipinski definition) is 3. The molecule has 5 nitrogen and oxygen atoms in total. The van der Waals surface area contributed by atoms with Crippen molar-refractivity contribution in [2.75, 3.05) is 6.54 Å². The number of carbonyl (C=O) groups excluding carboxylic acids is 1. The normalized spacial score (nSPS) is 15.5. The first kappa shape index (κ1) is 20.6. The van der Waals surface area contributed by atoms with Gasteiger partial charge in [-0.15, -0.1) is 0 Å². The number of sulfonamides is 1. The monoisotopic (exact) mass is 400 g/mol. The minimum absolute atomic E-state index is 0.122. The van der Waals surface area contributed by atoms with Crippen molar-refractivity contribution >= 4 is 15.9 Å². The SMILES string of the molecule is Cc1cccc(CNC(=O)CN(C2CCCCC2)S(=O)(=O)c2ccccc2)c1. The van der Waals surface area contributed by atoms with Gasteiger partial charge < -0.3 is 5.32 Å². The summed E-state index contributed by atoms with van der Waals surface area (Å²) in [5.74, 6) is -0.272. The predicted octanol–water partition coefficient (Wildman–Crippen LogP) is 3.63. The van der Waals surface area contributed by atoms with Crippen LogP contribution < -0.4 is 5.32 Å². The van der Waals surface area contributed by atoms with Crippen LogP contribution in [0.15, 0.2) is 59.5 Å². The fourth-order valence-electron chi connectivity index (χ4n) is 3.73. The van der Waals surface area contributed by atoms with E-state index < -0.39 is 10.0 Å². The van der Waals surface area contributed by atoms with Crippen molar-refractivity contribution < 1.29 is 13.2 Å². The van der Waals surface area contributed by atoms with Crippen LogP contribution in [0.2, 0.25) is 0 Å². The molecule has 1 fully saturated rings. The Balaban J connectivity index is 1.74. The van der Waals surface area contributed by atoms with Gasteiger partial charge in [-0.05, 0) is 37.5 Å². The Morgan fingerprint density at radius 1 is 1.04 bits per heavy atom. The van der Waals surface area contributed by atoms with Crippen molar-refractivity contribution in [2.45, 2.75) is 56.5 Å². The van der Waals surface area contributed by atoms with E-state index in [0.29, 0.717) is 6.54 Å². The first-order valence-electron chi connectivity index (χ1n) is 9.86. The highest BCUT2D eigenvalue weighted by molar-refractivity contribution is 7.89. The van der Waals surface area contributed by atoms with Crippen LogP contribution in [0, 0.1) is 6.92 Å². The van der Waals surface area contributed by atoms with E-state index in [0.717, 1.165) is 43.2 Å². The molecule has 0 aromatic heterocycles. The summed E-state index contributed by atoms with van der Waals surface area (Å²) < 4.78 is 27.9. The molecule has 0 unspecified atom stereocenters. The fraction of sp³-hybridized carbons (Fsp3) is 0.409. The van der Waals surface area contributed by atoms with Crippen LogP contribution in [0.3, 0.4) is 0 Å². The van der Waals surface area contributed by atoms with Gasteiger partial charge in [-0.1, -0.05) is 67.3 Å². The molecule has 0 radical (unpaired) electrons. The minimum Gasteiger partial charge on any atom is -0.351 e. The standard InChI is InChI=1S/C22H28N2O3S/c1-18-9-8-10-19(15-18)16-23-22(25)17-24(20-11-4-2-5-12-20)28(26,27)21-13-6-3-7-14-21/h3,6-10,13-15,20H,2,4-5,11-12,16-17H2,1H3,(H,23,25). The molecule has 1 aliphatic rings. The van der Waals surface area contributed by atoms with E-state index in [-0.39, 0.29) is 23.4 Å². The molecule has 0 saturated heterocycles. The van der Waals surface area contributed by atoms with Gasteiger partial charge in [0, 0.05) is 12.6 Å². The summed E-state index contributed by atoms with van der Waals surface area (Å²) in [6.45, 7) is 2.25. The molecule has 3 rings (SSSR count). The summed E-state index contributed by atoms with van der Waals surface area (Å²) >= 11 is 0. The summed E-state index contributed by atoms with van der Waals surface area (Å²) in [6.07, 6.45) is 4.72. The highest BCUT2D eigenvalue weighted by Gasteiger charge is 2.33. The Bertz CT molecular complexity index is 891. The van der Waals surface area contributed by atoms with Crippen LogP contribution >= 0.6 is 0 Å². The molecule has 6 heteroatoms. The van der Waals surface area contributed by atoms with E-state index >= 15 is 0 Å². The van der Waals surface area contributed by atoms with E-state index in [1.807, 2.05) is 31.2 Å². The first-order valence-corrected chi connectivity index (χ1v) is 11.3. The second kappa shape index (κ2) is 9.34. The summed E-state index contributed by atoms with van der Waals surface area (Å²) in [5, 5.41) is 2.87. The zero-order chi connectivity index (χ0) is 20.0. The lowest BCUT2D eigenvalue weighted by Crippen LogP contribution is -2.46. The molecule has 0 bridgehead atoms. The summed E-state index contributed by atoms with van der Waals surface area (Å²) in [6, 6.07) is 16.2. The van der Waals surface area contributed by atoms with Crippen LogP contribution in [0.4, 0.5) is 0 Å². The molecular formula is C22H28N2O3S. The maximum absolute atomic E-state index is 13.2. The molecule has 0 spiro atoms. The number of hydrogen-bond donors (Lipinski definition) is 1. The van der Waals surface area contributed by atoms with Crippen LogP contribution in [0.25, 0.3) is 0 Å². The number of aryl methyl sites for hydroxylation is 1. The second-order valence-electron chi connectivity index (χ2n) is 7.42. The third-order valence-electron chi connectivity index (χ3n) is 5.20. The van der Waals surface area contributed by atoms with Gasteiger partial charge in [0.05, 0.1) is 11.4 Å². The van der Waals surface area contributed by atoms with Crippen LogP contribution in [-0.4, -0.2) is 31.2 Å². The van der Waals surface area contributed by atoms with Gasteiger partial charge in [-0.25, -0.2) is 8.42 Å². The smallest absolute Gasteiger partial charge is 0.243 e. The number of benzene rings is 2. The third-order valence-corrected chi connectivity index (χ3v) is 7.12. The van der Waals surface area contributed by atoms with E-state index in [9.17, 15) is 13.2 Å². The molecule has 1 N–H and O–H groups in total. The van der Waals surface area contributed by atoms with Crippen LogP contribution in [0.5, 0.6) is 0 Å².